The molecule has 42 heavy (non-hydrogen) atoms. The molecule has 0 fully saturated rings. The SMILES string of the molecule is CCCC1=C=C=C(N=Nc2ccc3ccccc3c2-c2c(N=NC3=CC=C(CCC)CC3)ccc3ccccc23)C=C1. The molecule has 0 saturated heterocycles. The summed E-state index contributed by atoms with van der Waals surface area (Å²) in [7, 11) is 0. The molecule has 4 heteroatoms. The van der Waals surface area contributed by atoms with E-state index in [1.54, 1.807) is 0 Å². The Morgan fingerprint density at radius 2 is 1.24 bits per heavy atom. The molecule has 4 nitrogen and oxygen atoms in total. The van der Waals surface area contributed by atoms with Crippen LogP contribution < -0.4 is 0 Å². The van der Waals surface area contributed by atoms with Gasteiger partial charge >= 0.3 is 0 Å². The van der Waals surface area contributed by atoms with E-state index < -0.39 is 0 Å². The molecule has 0 aromatic heterocycles. The lowest BCUT2D eigenvalue weighted by Crippen LogP contribution is -1.91. The van der Waals surface area contributed by atoms with Crippen molar-refractivity contribution >= 4 is 32.9 Å². The van der Waals surface area contributed by atoms with Crippen LogP contribution >= 0.6 is 0 Å². The van der Waals surface area contributed by atoms with Crippen molar-refractivity contribution < 1.29 is 0 Å². The Hall–Kier alpha value is -4.88. The van der Waals surface area contributed by atoms with Gasteiger partial charge in [-0.2, -0.15) is 10.2 Å². The van der Waals surface area contributed by atoms with E-state index in [9.17, 15) is 0 Å². The van der Waals surface area contributed by atoms with E-state index in [0.29, 0.717) is 5.70 Å². The fraction of sp³-hybridized carbons (Fsp3) is 0.211. The molecule has 4 aromatic carbocycles. The van der Waals surface area contributed by atoms with Crippen LogP contribution in [0.3, 0.4) is 0 Å². The minimum atomic E-state index is 0.659. The molecule has 206 valence electrons. The van der Waals surface area contributed by atoms with Gasteiger partial charge in [-0.05, 0) is 83.3 Å². The second kappa shape index (κ2) is 12.7. The van der Waals surface area contributed by atoms with Gasteiger partial charge in [0.05, 0.1) is 17.1 Å². The Bertz CT molecular complexity index is 1920. The van der Waals surface area contributed by atoms with E-state index in [1.165, 1.54) is 12.0 Å². The van der Waals surface area contributed by atoms with Crippen molar-refractivity contribution in [1.29, 1.82) is 0 Å². The molecular weight excluding hydrogens is 512 g/mol. The maximum Gasteiger partial charge on any atom is 0.136 e. The second-order valence-electron chi connectivity index (χ2n) is 10.7. The summed E-state index contributed by atoms with van der Waals surface area (Å²) in [6, 6.07) is 25.2. The number of allylic oxidation sites excluding steroid dienone is 7. The van der Waals surface area contributed by atoms with Crippen molar-refractivity contribution in [3.63, 3.8) is 0 Å². The first-order chi connectivity index (χ1) is 20.7. The highest BCUT2D eigenvalue weighted by molar-refractivity contribution is 6.12. The topological polar surface area (TPSA) is 49.4 Å². The van der Waals surface area contributed by atoms with Crippen molar-refractivity contribution in [2.75, 3.05) is 0 Å². The molecular formula is C38H34N4. The highest BCUT2D eigenvalue weighted by Gasteiger charge is 2.18. The number of fused-ring (bicyclic) bond motifs is 2. The number of hydrogen-bond acceptors (Lipinski definition) is 4. The maximum absolute atomic E-state index is 4.86. The van der Waals surface area contributed by atoms with Gasteiger partial charge in [-0.15, -0.1) is 10.2 Å². The first-order valence-electron chi connectivity index (χ1n) is 14.9. The largest absolute Gasteiger partial charge is 0.155 e. The zero-order valence-corrected chi connectivity index (χ0v) is 24.3. The normalized spacial score (nSPS) is 15.0. The van der Waals surface area contributed by atoms with E-state index in [-0.39, 0.29) is 0 Å². The smallest absolute Gasteiger partial charge is 0.136 e. The van der Waals surface area contributed by atoms with Crippen LogP contribution in [0.2, 0.25) is 0 Å². The molecule has 0 N–H and O–H groups in total. The standard InChI is InChI=1S/C38H34N4/c1-3-9-27-15-21-31(22-16-27)39-41-35-25-19-29-11-5-7-13-33(29)37(35)38-34-14-8-6-12-30(34)20-26-36(38)42-40-32-23-17-28(10-4-2)18-24-32/h5-8,11-15,17,19-21,23,25-26H,3-4,9-10,16,22H2,1-2H3. The third-order valence-corrected chi connectivity index (χ3v) is 7.71. The lowest BCUT2D eigenvalue weighted by atomic mass is 9.91. The molecule has 2 aliphatic carbocycles. The molecule has 0 spiro atoms. The Kier molecular flexibility index (Phi) is 8.28. The van der Waals surface area contributed by atoms with Crippen LogP contribution in [-0.2, 0) is 0 Å². The third kappa shape index (κ3) is 5.92. The summed E-state index contributed by atoms with van der Waals surface area (Å²) in [4.78, 5) is 0. The van der Waals surface area contributed by atoms with Crippen LogP contribution in [0.1, 0.15) is 52.4 Å². The van der Waals surface area contributed by atoms with Crippen LogP contribution in [0.5, 0.6) is 0 Å². The van der Waals surface area contributed by atoms with Crippen LogP contribution in [0.25, 0.3) is 32.7 Å². The van der Waals surface area contributed by atoms with Gasteiger partial charge in [0, 0.05) is 16.7 Å². The highest BCUT2D eigenvalue weighted by Crippen LogP contribution is 2.46. The summed E-state index contributed by atoms with van der Waals surface area (Å²) in [5.41, 5.74) is 14.3. The van der Waals surface area contributed by atoms with Gasteiger partial charge in [-0.1, -0.05) is 105 Å². The highest BCUT2D eigenvalue weighted by atomic mass is 15.1. The van der Waals surface area contributed by atoms with Gasteiger partial charge in [0.1, 0.15) is 5.70 Å². The number of azo groups is 2. The molecule has 0 aliphatic heterocycles. The van der Waals surface area contributed by atoms with Crippen LogP contribution in [-0.4, -0.2) is 0 Å². The van der Waals surface area contributed by atoms with Gasteiger partial charge in [-0.25, -0.2) is 0 Å². The van der Waals surface area contributed by atoms with E-state index in [1.807, 2.05) is 12.1 Å². The van der Waals surface area contributed by atoms with Crippen molar-refractivity contribution in [2.24, 2.45) is 20.5 Å². The molecule has 0 saturated carbocycles. The third-order valence-electron chi connectivity index (χ3n) is 7.71. The zero-order valence-electron chi connectivity index (χ0n) is 24.3. The predicted molar refractivity (Wildman–Crippen MR) is 174 cm³/mol. The van der Waals surface area contributed by atoms with Gasteiger partial charge in [0.15, 0.2) is 0 Å². The number of nitrogens with zero attached hydrogens (tertiary/aromatic N) is 4. The second-order valence-corrected chi connectivity index (χ2v) is 10.7. The summed E-state index contributed by atoms with van der Waals surface area (Å²) < 4.78 is 0. The fourth-order valence-corrected chi connectivity index (χ4v) is 5.60. The van der Waals surface area contributed by atoms with Gasteiger partial charge < -0.3 is 0 Å². The molecule has 4 aromatic rings. The van der Waals surface area contributed by atoms with Crippen molar-refractivity contribution in [3.05, 3.63) is 131 Å². The zero-order chi connectivity index (χ0) is 28.7. The minimum absolute atomic E-state index is 0.659. The van der Waals surface area contributed by atoms with E-state index in [4.69, 9.17) is 15.3 Å². The van der Waals surface area contributed by atoms with Crippen molar-refractivity contribution in [2.45, 2.75) is 52.4 Å². The van der Waals surface area contributed by atoms with Crippen LogP contribution in [0.15, 0.2) is 152 Å². The number of hydrogen-bond donors (Lipinski definition) is 0. The molecule has 0 atom stereocenters. The average Bonchev–Trinajstić information content (AvgIpc) is 3.04. The molecule has 0 bridgehead atoms. The van der Waals surface area contributed by atoms with Gasteiger partial charge in [0.25, 0.3) is 0 Å². The first-order valence-corrected chi connectivity index (χ1v) is 14.9. The molecule has 0 unspecified atom stereocenters. The Balaban J connectivity index is 1.52. The maximum atomic E-state index is 4.86. The predicted octanol–water partition coefficient (Wildman–Crippen LogP) is 12.2. The fourth-order valence-electron chi connectivity index (χ4n) is 5.60. The number of rotatable bonds is 9. The summed E-state index contributed by atoms with van der Waals surface area (Å²) in [5, 5.41) is 23.5. The monoisotopic (exact) mass is 546 g/mol. The van der Waals surface area contributed by atoms with Crippen LogP contribution in [0, 0.1) is 0 Å². The Morgan fingerprint density at radius 3 is 1.81 bits per heavy atom. The lowest BCUT2D eigenvalue weighted by molar-refractivity contribution is 0.789. The molecule has 2 aliphatic rings. The number of benzene rings is 4. The first kappa shape index (κ1) is 27.3. The van der Waals surface area contributed by atoms with E-state index in [0.717, 1.165) is 87.4 Å². The summed E-state index contributed by atoms with van der Waals surface area (Å²) in [5.74, 6) is 0. The summed E-state index contributed by atoms with van der Waals surface area (Å²) in [6.45, 7) is 4.39. The molecule has 0 radical (unpaired) electrons. The summed E-state index contributed by atoms with van der Waals surface area (Å²) >= 11 is 0. The van der Waals surface area contributed by atoms with Crippen molar-refractivity contribution in [3.8, 4) is 11.1 Å². The minimum Gasteiger partial charge on any atom is -0.155 e. The van der Waals surface area contributed by atoms with Crippen LogP contribution in [0.4, 0.5) is 11.4 Å². The average molecular weight is 547 g/mol. The quantitative estimate of drug-likeness (QED) is 0.148. The Labute approximate surface area is 247 Å². The molecule has 6 rings (SSSR count). The summed E-state index contributed by atoms with van der Waals surface area (Å²) in [6.07, 6.45) is 14.7. The molecule has 0 heterocycles. The van der Waals surface area contributed by atoms with Crippen molar-refractivity contribution in [1.82, 2.24) is 0 Å². The van der Waals surface area contributed by atoms with E-state index in [2.05, 4.69) is 115 Å². The van der Waals surface area contributed by atoms with Gasteiger partial charge in [-0.3, -0.25) is 0 Å². The molecule has 0 amide bonds. The van der Waals surface area contributed by atoms with E-state index >= 15 is 0 Å². The Morgan fingerprint density at radius 1 is 0.595 bits per heavy atom. The lowest BCUT2D eigenvalue weighted by Gasteiger charge is -2.15. The van der Waals surface area contributed by atoms with Gasteiger partial charge in [0.2, 0.25) is 0 Å².